The molecule has 0 spiro atoms. The van der Waals surface area contributed by atoms with Gasteiger partial charge in [0.2, 0.25) is 5.91 Å². The van der Waals surface area contributed by atoms with Crippen molar-refractivity contribution in [3.8, 4) is 0 Å². The highest BCUT2D eigenvalue weighted by Gasteiger charge is 2.41. The van der Waals surface area contributed by atoms with Crippen molar-refractivity contribution in [1.29, 1.82) is 0 Å². The lowest BCUT2D eigenvalue weighted by atomic mass is 9.96. The Morgan fingerprint density at radius 1 is 1.15 bits per heavy atom. The van der Waals surface area contributed by atoms with Crippen LogP contribution in [0.2, 0.25) is 0 Å². The molecule has 0 unspecified atom stereocenters. The lowest BCUT2D eigenvalue weighted by Gasteiger charge is -2.45. The third-order valence-corrected chi connectivity index (χ3v) is 5.63. The fourth-order valence-corrected chi connectivity index (χ4v) is 3.92. The third-order valence-electron chi connectivity index (χ3n) is 4.80. The molecule has 0 atom stereocenters. The summed E-state index contributed by atoms with van der Waals surface area (Å²) in [7, 11) is 0. The van der Waals surface area contributed by atoms with Crippen LogP contribution in [0.5, 0.6) is 0 Å². The van der Waals surface area contributed by atoms with Crippen LogP contribution in [0, 0.1) is 5.92 Å². The van der Waals surface area contributed by atoms with E-state index in [0.717, 1.165) is 23.9 Å². The van der Waals surface area contributed by atoms with E-state index in [1.54, 1.807) is 34.7 Å². The molecule has 2 aliphatic rings. The van der Waals surface area contributed by atoms with Crippen molar-refractivity contribution in [2.75, 3.05) is 31.1 Å². The number of likely N-dealkylation sites (tertiary alicyclic amines) is 1. The van der Waals surface area contributed by atoms with Gasteiger partial charge >= 0.3 is 0 Å². The average molecular weight is 371 g/mol. The monoisotopic (exact) mass is 371 g/mol. The lowest BCUT2D eigenvalue weighted by Crippen LogP contribution is -2.59. The molecule has 134 valence electrons. The molecular formula is C15H17N9OS. The second kappa shape index (κ2) is 6.16. The number of anilines is 1. The first-order valence-corrected chi connectivity index (χ1v) is 9.32. The van der Waals surface area contributed by atoms with E-state index in [1.165, 1.54) is 0 Å². The van der Waals surface area contributed by atoms with Crippen LogP contribution in [0.4, 0.5) is 5.13 Å². The molecule has 5 rings (SSSR count). The van der Waals surface area contributed by atoms with Crippen LogP contribution in [0.1, 0.15) is 11.7 Å². The summed E-state index contributed by atoms with van der Waals surface area (Å²) in [5, 5.41) is 19.4. The quantitative estimate of drug-likeness (QED) is 0.617. The molecule has 0 aliphatic carbocycles. The highest BCUT2D eigenvalue weighted by molar-refractivity contribution is 7.13. The number of aromatic nitrogens is 7. The molecule has 0 aromatic carbocycles. The van der Waals surface area contributed by atoms with E-state index in [4.69, 9.17) is 0 Å². The van der Waals surface area contributed by atoms with E-state index in [-0.39, 0.29) is 17.9 Å². The van der Waals surface area contributed by atoms with E-state index >= 15 is 0 Å². The number of hydrogen-bond donors (Lipinski definition) is 0. The first-order valence-electron chi connectivity index (χ1n) is 8.44. The van der Waals surface area contributed by atoms with Crippen molar-refractivity contribution in [3.05, 3.63) is 35.9 Å². The summed E-state index contributed by atoms with van der Waals surface area (Å²) < 4.78 is 1.84. The Balaban J connectivity index is 1.12. The Morgan fingerprint density at radius 3 is 2.69 bits per heavy atom. The van der Waals surface area contributed by atoms with Crippen molar-refractivity contribution in [2.24, 2.45) is 5.92 Å². The predicted molar refractivity (Wildman–Crippen MR) is 92.6 cm³/mol. The topological polar surface area (TPSA) is 97.9 Å². The highest BCUT2D eigenvalue weighted by Crippen LogP contribution is 2.30. The van der Waals surface area contributed by atoms with Gasteiger partial charge in [-0.05, 0) is 0 Å². The third kappa shape index (κ3) is 2.73. The van der Waals surface area contributed by atoms with Crippen LogP contribution in [-0.4, -0.2) is 72.0 Å². The first kappa shape index (κ1) is 15.4. The fourth-order valence-electron chi connectivity index (χ4n) is 3.26. The Morgan fingerprint density at radius 2 is 1.96 bits per heavy atom. The number of nitrogens with zero attached hydrogens (tertiary/aromatic N) is 9. The molecule has 5 heterocycles. The summed E-state index contributed by atoms with van der Waals surface area (Å²) in [6.45, 7) is 3.40. The molecule has 3 aromatic rings. The van der Waals surface area contributed by atoms with E-state index in [9.17, 15) is 4.79 Å². The van der Waals surface area contributed by atoms with Gasteiger partial charge in [0.05, 0.1) is 30.6 Å². The summed E-state index contributed by atoms with van der Waals surface area (Å²) in [5.74, 6) is 0.312. The summed E-state index contributed by atoms with van der Waals surface area (Å²) in [5.41, 5.74) is 0.809. The minimum atomic E-state index is 0.0806. The Labute approximate surface area is 153 Å². The van der Waals surface area contributed by atoms with E-state index in [0.29, 0.717) is 19.6 Å². The molecule has 2 fully saturated rings. The minimum Gasteiger partial charge on any atom is -0.346 e. The highest BCUT2D eigenvalue weighted by atomic mass is 32.1. The Hall–Kier alpha value is -2.82. The van der Waals surface area contributed by atoms with Gasteiger partial charge in [-0.3, -0.25) is 4.79 Å². The molecule has 0 bridgehead atoms. The zero-order chi connectivity index (χ0) is 17.5. The van der Waals surface area contributed by atoms with Crippen LogP contribution >= 0.6 is 11.3 Å². The second-order valence-corrected chi connectivity index (χ2v) is 7.44. The van der Waals surface area contributed by atoms with Crippen LogP contribution in [0.3, 0.4) is 0 Å². The maximum Gasteiger partial charge on any atom is 0.229 e. The first-order chi connectivity index (χ1) is 12.8. The standard InChI is InChI=1S/C15H17N9OS/c25-14(11-5-22(6-11)15-16-3-4-26-15)21-9-13(10-21)23-7-12(19-20-23)8-24-17-1-2-18-24/h1-4,7,11,13H,5-6,8-10H2. The molecule has 0 radical (unpaired) electrons. The van der Waals surface area contributed by atoms with Gasteiger partial charge in [-0.15, -0.1) is 16.4 Å². The predicted octanol–water partition coefficient (Wildman–Crippen LogP) is -0.106. The van der Waals surface area contributed by atoms with Gasteiger partial charge in [0, 0.05) is 37.8 Å². The SMILES string of the molecule is O=C(C1CN(c2nccs2)C1)N1CC(n2cc(Cn3nccn3)nn2)C1. The summed E-state index contributed by atoms with van der Waals surface area (Å²) >= 11 is 1.61. The van der Waals surface area contributed by atoms with Crippen LogP contribution in [-0.2, 0) is 11.3 Å². The fraction of sp³-hybridized carbons (Fsp3) is 0.467. The van der Waals surface area contributed by atoms with Gasteiger partial charge < -0.3 is 9.80 Å². The maximum absolute atomic E-state index is 12.5. The second-order valence-electron chi connectivity index (χ2n) is 6.56. The summed E-state index contributed by atoms with van der Waals surface area (Å²) in [4.78, 5) is 22.4. The number of carbonyl (C=O) groups is 1. The molecular weight excluding hydrogens is 354 g/mol. The van der Waals surface area contributed by atoms with Crippen molar-refractivity contribution in [2.45, 2.75) is 12.6 Å². The van der Waals surface area contributed by atoms with E-state index in [2.05, 4.69) is 30.4 Å². The van der Waals surface area contributed by atoms with Crippen LogP contribution in [0.15, 0.2) is 30.2 Å². The number of amides is 1. The molecule has 11 heteroatoms. The van der Waals surface area contributed by atoms with Crippen molar-refractivity contribution < 1.29 is 4.79 Å². The number of hydrogen-bond acceptors (Lipinski definition) is 8. The van der Waals surface area contributed by atoms with Crippen LogP contribution < -0.4 is 4.90 Å². The van der Waals surface area contributed by atoms with Gasteiger partial charge in [0.1, 0.15) is 12.2 Å². The average Bonchev–Trinajstić information content (AvgIpc) is 3.27. The smallest absolute Gasteiger partial charge is 0.229 e. The van der Waals surface area contributed by atoms with Crippen molar-refractivity contribution in [3.63, 3.8) is 0 Å². The van der Waals surface area contributed by atoms with Crippen molar-refractivity contribution >= 4 is 22.4 Å². The molecule has 2 saturated heterocycles. The van der Waals surface area contributed by atoms with E-state index < -0.39 is 0 Å². The maximum atomic E-state index is 12.5. The molecule has 3 aromatic heterocycles. The lowest BCUT2D eigenvalue weighted by molar-refractivity contribution is -0.142. The zero-order valence-electron chi connectivity index (χ0n) is 13.9. The number of carbonyl (C=O) groups excluding carboxylic acids is 1. The van der Waals surface area contributed by atoms with Gasteiger partial charge in [-0.25, -0.2) is 9.67 Å². The molecule has 2 aliphatic heterocycles. The molecule has 0 saturated carbocycles. The van der Waals surface area contributed by atoms with Crippen LogP contribution in [0.25, 0.3) is 0 Å². The number of rotatable bonds is 5. The summed E-state index contributed by atoms with van der Waals surface area (Å²) in [6.07, 6.45) is 6.97. The minimum absolute atomic E-state index is 0.0806. The molecule has 0 N–H and O–H groups in total. The summed E-state index contributed by atoms with van der Waals surface area (Å²) in [6, 6.07) is 0.195. The van der Waals surface area contributed by atoms with Gasteiger partial charge in [0.15, 0.2) is 5.13 Å². The van der Waals surface area contributed by atoms with Gasteiger partial charge in [0.25, 0.3) is 0 Å². The zero-order valence-corrected chi connectivity index (χ0v) is 14.7. The molecule has 1 amide bonds. The van der Waals surface area contributed by atoms with Crippen molar-refractivity contribution in [1.82, 2.24) is 39.9 Å². The van der Waals surface area contributed by atoms with E-state index in [1.807, 2.05) is 21.2 Å². The van der Waals surface area contributed by atoms with Gasteiger partial charge in [-0.2, -0.15) is 15.0 Å². The Kier molecular flexibility index (Phi) is 3.66. The molecule has 10 nitrogen and oxygen atoms in total. The number of thiazole rings is 1. The molecule has 26 heavy (non-hydrogen) atoms. The normalized spacial score (nSPS) is 18.0. The van der Waals surface area contributed by atoms with Gasteiger partial charge in [-0.1, -0.05) is 5.21 Å². The largest absolute Gasteiger partial charge is 0.346 e. The Bertz CT molecular complexity index is 878.